The summed E-state index contributed by atoms with van der Waals surface area (Å²) in [7, 11) is 0. The van der Waals surface area contributed by atoms with Gasteiger partial charge in [0.15, 0.2) is 0 Å². The van der Waals surface area contributed by atoms with Gasteiger partial charge in [0.05, 0.1) is 11.1 Å². The van der Waals surface area contributed by atoms with E-state index in [-0.39, 0.29) is 0 Å². The number of aryl methyl sites for hydroxylation is 1. The predicted octanol–water partition coefficient (Wildman–Crippen LogP) is 4.14. The van der Waals surface area contributed by atoms with E-state index in [0.717, 1.165) is 11.1 Å². The highest BCUT2D eigenvalue weighted by Gasteiger charge is 2.04. The summed E-state index contributed by atoms with van der Waals surface area (Å²) in [4.78, 5) is 0. The van der Waals surface area contributed by atoms with Crippen LogP contribution in [0.5, 0.6) is 0 Å². The van der Waals surface area contributed by atoms with E-state index in [4.69, 9.17) is 28.5 Å². The van der Waals surface area contributed by atoms with Gasteiger partial charge in [0, 0.05) is 10.6 Å². The highest BCUT2D eigenvalue weighted by atomic mass is 35.5. The van der Waals surface area contributed by atoms with E-state index in [2.05, 4.69) is 0 Å². The van der Waals surface area contributed by atoms with Crippen LogP contribution >= 0.6 is 23.2 Å². The van der Waals surface area contributed by atoms with Crippen molar-refractivity contribution in [2.75, 3.05) is 0 Å². The summed E-state index contributed by atoms with van der Waals surface area (Å²) in [6.45, 7) is 3.59. The van der Waals surface area contributed by atoms with E-state index >= 15 is 0 Å². The van der Waals surface area contributed by atoms with Crippen LogP contribution in [0.1, 0.15) is 18.1 Å². The number of benzene rings is 1. The molecular formula is C11H9Cl2N. The lowest BCUT2D eigenvalue weighted by Gasteiger charge is -2.03. The summed E-state index contributed by atoms with van der Waals surface area (Å²) in [5, 5.41) is 9.85. The Morgan fingerprint density at radius 2 is 2.07 bits per heavy atom. The van der Waals surface area contributed by atoms with Crippen LogP contribution in [0.3, 0.4) is 0 Å². The minimum absolute atomic E-state index is 0.479. The van der Waals surface area contributed by atoms with Crippen molar-refractivity contribution in [1.82, 2.24) is 0 Å². The van der Waals surface area contributed by atoms with E-state index in [1.165, 1.54) is 0 Å². The summed E-state index contributed by atoms with van der Waals surface area (Å²) >= 11 is 11.9. The third kappa shape index (κ3) is 2.29. The molecule has 0 aliphatic heterocycles. The van der Waals surface area contributed by atoms with E-state index in [1.54, 1.807) is 19.1 Å². The van der Waals surface area contributed by atoms with Gasteiger partial charge in [0.1, 0.15) is 0 Å². The molecule has 0 saturated heterocycles. The third-order valence-electron chi connectivity index (χ3n) is 1.91. The van der Waals surface area contributed by atoms with Crippen LogP contribution in [0.2, 0.25) is 5.02 Å². The van der Waals surface area contributed by atoms with Crippen LogP contribution < -0.4 is 0 Å². The van der Waals surface area contributed by atoms with Gasteiger partial charge < -0.3 is 0 Å². The second kappa shape index (κ2) is 4.50. The Morgan fingerprint density at radius 3 is 2.57 bits per heavy atom. The van der Waals surface area contributed by atoms with Crippen molar-refractivity contribution in [2.45, 2.75) is 13.8 Å². The molecule has 3 heteroatoms. The van der Waals surface area contributed by atoms with E-state index < -0.39 is 0 Å². The van der Waals surface area contributed by atoms with Crippen molar-refractivity contribution < 1.29 is 0 Å². The normalized spacial score (nSPS) is 11.9. The first-order chi connectivity index (χ1) is 6.56. The largest absolute Gasteiger partial charge is 0.193 e. The van der Waals surface area contributed by atoms with Crippen molar-refractivity contribution in [3.05, 3.63) is 39.9 Å². The molecule has 0 atom stereocenters. The molecule has 0 aliphatic rings. The number of nitriles is 1. The van der Waals surface area contributed by atoms with Gasteiger partial charge in [-0.25, -0.2) is 0 Å². The van der Waals surface area contributed by atoms with Gasteiger partial charge in [0.2, 0.25) is 0 Å². The first kappa shape index (κ1) is 11.1. The van der Waals surface area contributed by atoms with Gasteiger partial charge in [-0.05, 0) is 37.1 Å². The summed E-state index contributed by atoms with van der Waals surface area (Å²) in [6.07, 6.45) is 0. The molecule has 0 heterocycles. The lowest BCUT2D eigenvalue weighted by molar-refractivity contribution is 1.43. The standard InChI is InChI=1S/C11H9Cl2N/c1-7-5-9(3-4-10(7)12)11(13)8(2)6-14/h3-5H,1-2H3/b11-8-. The van der Waals surface area contributed by atoms with Crippen LogP contribution in [0, 0.1) is 18.3 Å². The molecule has 0 unspecified atom stereocenters. The van der Waals surface area contributed by atoms with Gasteiger partial charge in [0.25, 0.3) is 0 Å². The second-order valence-corrected chi connectivity index (χ2v) is 3.80. The Bertz CT molecular complexity index is 427. The number of hydrogen-bond donors (Lipinski definition) is 0. The smallest absolute Gasteiger partial charge is 0.0959 e. The lowest BCUT2D eigenvalue weighted by atomic mass is 10.1. The maximum absolute atomic E-state index is 8.67. The first-order valence-corrected chi connectivity index (χ1v) is 4.85. The maximum Gasteiger partial charge on any atom is 0.0959 e. The van der Waals surface area contributed by atoms with Crippen LogP contribution in [0.4, 0.5) is 0 Å². The molecule has 72 valence electrons. The van der Waals surface area contributed by atoms with Crippen molar-refractivity contribution in [1.29, 1.82) is 5.26 Å². The second-order valence-electron chi connectivity index (χ2n) is 3.01. The van der Waals surface area contributed by atoms with Crippen molar-refractivity contribution >= 4 is 28.2 Å². The zero-order valence-electron chi connectivity index (χ0n) is 7.94. The fraction of sp³-hybridized carbons (Fsp3) is 0.182. The average Bonchev–Trinajstić information content (AvgIpc) is 2.20. The predicted molar refractivity (Wildman–Crippen MR) is 60.2 cm³/mol. The SMILES string of the molecule is C/C(C#N)=C(/Cl)c1ccc(Cl)c(C)c1. The van der Waals surface area contributed by atoms with Crippen molar-refractivity contribution in [3.8, 4) is 6.07 Å². The Labute approximate surface area is 93.6 Å². The molecule has 0 aliphatic carbocycles. The molecule has 0 fully saturated rings. The molecule has 1 nitrogen and oxygen atoms in total. The Balaban J connectivity index is 3.24. The average molecular weight is 226 g/mol. The highest BCUT2D eigenvalue weighted by molar-refractivity contribution is 6.49. The molecule has 14 heavy (non-hydrogen) atoms. The number of nitrogens with zero attached hydrogens (tertiary/aromatic N) is 1. The topological polar surface area (TPSA) is 23.8 Å². The monoisotopic (exact) mass is 225 g/mol. The third-order valence-corrected chi connectivity index (χ3v) is 2.83. The van der Waals surface area contributed by atoms with Gasteiger partial charge in [-0.2, -0.15) is 5.26 Å². The zero-order chi connectivity index (χ0) is 10.7. The van der Waals surface area contributed by atoms with Gasteiger partial charge in [-0.3, -0.25) is 0 Å². The van der Waals surface area contributed by atoms with Crippen LogP contribution in [-0.4, -0.2) is 0 Å². The summed E-state index contributed by atoms with van der Waals surface area (Å²) in [5.41, 5.74) is 2.29. The molecule has 0 saturated carbocycles. The lowest BCUT2D eigenvalue weighted by Crippen LogP contribution is -1.83. The van der Waals surface area contributed by atoms with Crippen molar-refractivity contribution in [2.24, 2.45) is 0 Å². The zero-order valence-corrected chi connectivity index (χ0v) is 9.45. The molecule has 1 aromatic rings. The van der Waals surface area contributed by atoms with E-state index in [1.807, 2.05) is 19.1 Å². The van der Waals surface area contributed by atoms with Crippen LogP contribution in [0.25, 0.3) is 5.03 Å². The van der Waals surface area contributed by atoms with Crippen LogP contribution in [-0.2, 0) is 0 Å². The molecule has 1 rings (SSSR count). The highest BCUT2D eigenvalue weighted by Crippen LogP contribution is 2.26. The van der Waals surface area contributed by atoms with Gasteiger partial charge in [-0.15, -0.1) is 0 Å². The Hall–Kier alpha value is -0.970. The summed E-state index contributed by atoms with van der Waals surface area (Å²) in [6, 6.07) is 7.46. The fourth-order valence-electron chi connectivity index (χ4n) is 1.05. The molecule has 0 N–H and O–H groups in total. The molecular weight excluding hydrogens is 217 g/mol. The van der Waals surface area contributed by atoms with E-state index in [9.17, 15) is 0 Å². The molecule has 0 amide bonds. The minimum atomic E-state index is 0.479. The Kier molecular flexibility index (Phi) is 3.57. The first-order valence-electron chi connectivity index (χ1n) is 4.09. The molecule has 1 aromatic carbocycles. The van der Waals surface area contributed by atoms with Gasteiger partial charge >= 0.3 is 0 Å². The maximum atomic E-state index is 8.67. The van der Waals surface area contributed by atoms with Gasteiger partial charge in [-0.1, -0.05) is 29.3 Å². The van der Waals surface area contributed by atoms with E-state index in [0.29, 0.717) is 15.6 Å². The number of halogens is 2. The number of rotatable bonds is 1. The Morgan fingerprint density at radius 1 is 1.43 bits per heavy atom. The number of allylic oxidation sites excluding steroid dienone is 1. The minimum Gasteiger partial charge on any atom is -0.193 e. The molecule has 0 spiro atoms. The molecule has 0 bridgehead atoms. The fourth-order valence-corrected chi connectivity index (χ4v) is 1.32. The summed E-state index contributed by atoms with van der Waals surface area (Å²) < 4.78 is 0. The molecule has 0 radical (unpaired) electrons. The van der Waals surface area contributed by atoms with Crippen molar-refractivity contribution in [3.63, 3.8) is 0 Å². The number of hydrogen-bond acceptors (Lipinski definition) is 1. The molecule has 0 aromatic heterocycles. The quantitative estimate of drug-likeness (QED) is 0.660. The van der Waals surface area contributed by atoms with Crippen LogP contribution in [0.15, 0.2) is 23.8 Å². The summed E-state index contributed by atoms with van der Waals surface area (Å²) in [5.74, 6) is 0.